The maximum Gasteiger partial charge on any atom is 0.289 e. The van der Waals surface area contributed by atoms with Crippen LogP contribution in [0, 0.1) is 15.9 Å². The van der Waals surface area contributed by atoms with Crippen LogP contribution in [0.25, 0.3) is 17.4 Å². The van der Waals surface area contributed by atoms with Gasteiger partial charge in [-0.1, -0.05) is 0 Å². The third kappa shape index (κ3) is 4.25. The number of amides is 1. The van der Waals surface area contributed by atoms with Gasteiger partial charge in [-0.3, -0.25) is 14.9 Å². The number of rotatable bonds is 4. The molecule has 0 saturated carbocycles. The Balaban J connectivity index is 1.60. The Morgan fingerprint density at radius 3 is 2.48 bits per heavy atom. The second-order valence-electron chi connectivity index (χ2n) is 5.97. The van der Waals surface area contributed by atoms with E-state index in [9.17, 15) is 19.3 Å². The quantitative estimate of drug-likeness (QED) is 0.452. The minimum absolute atomic E-state index is 0.00348. The van der Waals surface area contributed by atoms with Gasteiger partial charge in [0, 0.05) is 17.7 Å². The molecule has 1 amide bonds. The van der Waals surface area contributed by atoms with E-state index in [4.69, 9.17) is 4.42 Å². The molecule has 29 heavy (non-hydrogen) atoms. The number of nitrogens with zero attached hydrogens (tertiary/aromatic N) is 2. The number of nitro benzene ring substituents is 1. The minimum Gasteiger partial charge on any atom is -0.457 e. The average molecular weight is 409 g/mol. The fourth-order valence-corrected chi connectivity index (χ4v) is 3.34. The first-order chi connectivity index (χ1) is 14.0. The van der Waals surface area contributed by atoms with Crippen LogP contribution >= 0.6 is 11.8 Å². The van der Waals surface area contributed by atoms with E-state index in [2.05, 4.69) is 10.3 Å². The number of furan rings is 1. The predicted molar refractivity (Wildman–Crippen MR) is 108 cm³/mol. The highest BCUT2D eigenvalue weighted by Gasteiger charge is 2.24. The van der Waals surface area contributed by atoms with Crippen LogP contribution in [0.1, 0.15) is 5.76 Å². The van der Waals surface area contributed by atoms with Crippen molar-refractivity contribution >= 4 is 40.3 Å². The number of amidine groups is 1. The normalized spacial score (nSPS) is 16.4. The van der Waals surface area contributed by atoms with Gasteiger partial charge in [0.2, 0.25) is 0 Å². The van der Waals surface area contributed by atoms with E-state index in [1.54, 1.807) is 30.3 Å². The van der Waals surface area contributed by atoms with E-state index in [1.807, 2.05) is 0 Å². The summed E-state index contributed by atoms with van der Waals surface area (Å²) in [5.41, 5.74) is 1.19. The maximum atomic E-state index is 13.1. The van der Waals surface area contributed by atoms with Crippen LogP contribution in [0.15, 0.2) is 75.0 Å². The molecule has 0 atom stereocenters. The fraction of sp³-hybridized carbons (Fsp3) is 0. The molecule has 0 unspecified atom stereocenters. The molecule has 1 saturated heterocycles. The summed E-state index contributed by atoms with van der Waals surface area (Å²) in [5.74, 6) is 0.999. The topological polar surface area (TPSA) is 97.7 Å². The van der Waals surface area contributed by atoms with Gasteiger partial charge in [0.1, 0.15) is 23.2 Å². The lowest BCUT2D eigenvalue weighted by Crippen LogP contribution is -2.18. The van der Waals surface area contributed by atoms with Crippen molar-refractivity contribution in [3.63, 3.8) is 0 Å². The van der Waals surface area contributed by atoms with Gasteiger partial charge in [-0.15, -0.1) is 0 Å². The van der Waals surface area contributed by atoms with E-state index in [-0.39, 0.29) is 16.7 Å². The highest BCUT2D eigenvalue weighted by Crippen LogP contribution is 2.31. The molecule has 1 aromatic heterocycles. The van der Waals surface area contributed by atoms with E-state index in [0.29, 0.717) is 33.5 Å². The molecule has 0 radical (unpaired) electrons. The minimum atomic E-state index is -0.467. The number of halogens is 1. The number of nitrogens with one attached hydrogen (secondary N) is 1. The van der Waals surface area contributed by atoms with Crippen LogP contribution < -0.4 is 5.32 Å². The van der Waals surface area contributed by atoms with Gasteiger partial charge in [0.25, 0.3) is 10.9 Å². The van der Waals surface area contributed by atoms with E-state index in [1.165, 1.54) is 36.4 Å². The van der Waals surface area contributed by atoms with Crippen LogP contribution in [0.5, 0.6) is 0 Å². The molecule has 4 rings (SSSR count). The zero-order chi connectivity index (χ0) is 20.4. The van der Waals surface area contributed by atoms with Crippen molar-refractivity contribution in [2.24, 2.45) is 4.99 Å². The fourth-order valence-electron chi connectivity index (χ4n) is 2.62. The SMILES string of the molecule is O=C1NC(=Nc2ccc(F)cc2)/C(=C/c2ccc(-c3ccc([N+](=O)[O-])cc3)o2)S1. The molecule has 1 N–H and O–H groups in total. The molecule has 1 fully saturated rings. The summed E-state index contributed by atoms with van der Waals surface area (Å²) < 4.78 is 18.8. The van der Waals surface area contributed by atoms with E-state index < -0.39 is 4.92 Å². The molecule has 0 bridgehead atoms. The third-order valence-electron chi connectivity index (χ3n) is 3.99. The van der Waals surface area contributed by atoms with Crippen molar-refractivity contribution in [3.05, 3.63) is 87.3 Å². The van der Waals surface area contributed by atoms with Gasteiger partial charge in [0.05, 0.1) is 15.5 Å². The largest absolute Gasteiger partial charge is 0.457 e. The van der Waals surface area contributed by atoms with Crippen LogP contribution in [-0.4, -0.2) is 16.0 Å². The molecule has 9 heteroatoms. The Kier molecular flexibility index (Phi) is 4.96. The second kappa shape index (κ2) is 7.72. The summed E-state index contributed by atoms with van der Waals surface area (Å²) in [5, 5.41) is 13.1. The first-order valence-electron chi connectivity index (χ1n) is 8.38. The number of carbonyl (C=O) groups excluding carboxylic acids is 1. The van der Waals surface area contributed by atoms with Crippen LogP contribution in [0.3, 0.4) is 0 Å². The number of non-ortho nitro benzene ring substituents is 1. The molecule has 0 aliphatic carbocycles. The Labute approximate surface area is 168 Å². The van der Waals surface area contributed by atoms with Gasteiger partial charge in [0.15, 0.2) is 0 Å². The molecular weight excluding hydrogens is 397 g/mol. The maximum absolute atomic E-state index is 13.1. The summed E-state index contributed by atoms with van der Waals surface area (Å²) in [7, 11) is 0. The van der Waals surface area contributed by atoms with Crippen molar-refractivity contribution in [2.45, 2.75) is 0 Å². The van der Waals surface area contributed by atoms with Gasteiger partial charge >= 0.3 is 0 Å². The molecule has 3 aromatic rings. The summed E-state index contributed by atoms with van der Waals surface area (Å²) >= 11 is 0.972. The first-order valence-corrected chi connectivity index (χ1v) is 9.19. The molecule has 0 spiro atoms. The zero-order valence-electron chi connectivity index (χ0n) is 14.7. The molecule has 1 aliphatic heterocycles. The molecular formula is C20H12FN3O4S. The summed E-state index contributed by atoms with van der Waals surface area (Å²) in [6.45, 7) is 0. The summed E-state index contributed by atoms with van der Waals surface area (Å²) in [6, 6.07) is 15.1. The molecule has 7 nitrogen and oxygen atoms in total. The lowest BCUT2D eigenvalue weighted by atomic mass is 10.1. The van der Waals surface area contributed by atoms with Crippen LogP contribution in [-0.2, 0) is 0 Å². The van der Waals surface area contributed by atoms with E-state index >= 15 is 0 Å². The first kappa shape index (κ1) is 18.6. The van der Waals surface area contributed by atoms with Crippen LogP contribution in [0.2, 0.25) is 0 Å². The molecule has 2 heterocycles. The molecule has 2 aromatic carbocycles. The number of aliphatic imine (C=N–C) groups is 1. The predicted octanol–water partition coefficient (Wildman–Crippen LogP) is 5.52. The number of benzene rings is 2. The van der Waals surface area contributed by atoms with Crippen LogP contribution in [0.4, 0.5) is 20.6 Å². The van der Waals surface area contributed by atoms with Crippen molar-refractivity contribution in [3.8, 4) is 11.3 Å². The van der Waals surface area contributed by atoms with Crippen molar-refractivity contribution in [2.75, 3.05) is 0 Å². The number of thioether (sulfide) groups is 1. The monoisotopic (exact) mass is 409 g/mol. The number of carbonyl (C=O) groups is 1. The lowest BCUT2D eigenvalue weighted by molar-refractivity contribution is -0.384. The third-order valence-corrected chi connectivity index (χ3v) is 4.81. The smallest absolute Gasteiger partial charge is 0.289 e. The number of hydrogen-bond donors (Lipinski definition) is 1. The Morgan fingerprint density at radius 1 is 1.07 bits per heavy atom. The van der Waals surface area contributed by atoms with Gasteiger partial charge < -0.3 is 9.73 Å². The second-order valence-corrected chi connectivity index (χ2v) is 6.98. The Bertz CT molecular complexity index is 1150. The average Bonchev–Trinajstić information content (AvgIpc) is 3.30. The van der Waals surface area contributed by atoms with Crippen molar-refractivity contribution in [1.29, 1.82) is 0 Å². The summed E-state index contributed by atoms with van der Waals surface area (Å²) in [6.07, 6.45) is 1.67. The molecule has 1 aliphatic rings. The van der Waals surface area contributed by atoms with E-state index in [0.717, 1.165) is 11.8 Å². The zero-order valence-corrected chi connectivity index (χ0v) is 15.5. The number of nitro groups is 1. The highest BCUT2D eigenvalue weighted by atomic mass is 32.2. The standard InChI is InChI=1S/C20H12FN3O4S/c21-13-3-5-14(6-4-13)22-19-18(29-20(25)23-19)11-16-9-10-17(28-16)12-1-7-15(8-2-12)24(26)27/h1-11H,(H,22,23,25)/b18-11-. The van der Waals surface area contributed by atoms with Gasteiger partial charge in [-0.25, -0.2) is 9.38 Å². The summed E-state index contributed by atoms with van der Waals surface area (Å²) in [4.78, 5) is 27.0. The lowest BCUT2D eigenvalue weighted by Gasteiger charge is -1.99. The van der Waals surface area contributed by atoms with Crippen molar-refractivity contribution in [1.82, 2.24) is 5.32 Å². The number of hydrogen-bond acceptors (Lipinski definition) is 6. The van der Waals surface area contributed by atoms with Gasteiger partial charge in [-0.05, 0) is 66.4 Å². The highest BCUT2D eigenvalue weighted by molar-refractivity contribution is 8.18. The van der Waals surface area contributed by atoms with Gasteiger partial charge in [-0.2, -0.15) is 0 Å². The Morgan fingerprint density at radius 2 is 1.79 bits per heavy atom. The Hall–Kier alpha value is -3.72. The van der Waals surface area contributed by atoms with Crippen molar-refractivity contribution < 1.29 is 18.5 Å². The molecule has 144 valence electrons.